The average molecular weight is 324 g/mol. The second-order valence-corrected chi connectivity index (χ2v) is 6.20. The summed E-state index contributed by atoms with van der Waals surface area (Å²) in [5.41, 5.74) is 0.833. The largest absolute Gasteiger partial charge is 0.455 e. The SMILES string of the molecule is CC1CCCCN1C(=O)CNc1ccccc1Oc1ccccc1. The lowest BCUT2D eigenvalue weighted by molar-refractivity contribution is -0.132. The van der Waals surface area contributed by atoms with Crippen molar-refractivity contribution < 1.29 is 9.53 Å². The lowest BCUT2D eigenvalue weighted by Crippen LogP contribution is -2.44. The molecule has 1 heterocycles. The van der Waals surface area contributed by atoms with Gasteiger partial charge in [0.2, 0.25) is 5.91 Å². The molecule has 126 valence electrons. The van der Waals surface area contributed by atoms with Gasteiger partial charge in [-0.1, -0.05) is 30.3 Å². The van der Waals surface area contributed by atoms with Gasteiger partial charge >= 0.3 is 0 Å². The highest BCUT2D eigenvalue weighted by molar-refractivity contribution is 5.81. The first-order chi connectivity index (χ1) is 11.7. The van der Waals surface area contributed by atoms with Crippen molar-refractivity contribution in [2.75, 3.05) is 18.4 Å². The van der Waals surface area contributed by atoms with Crippen LogP contribution < -0.4 is 10.1 Å². The van der Waals surface area contributed by atoms with Crippen LogP contribution in [0.25, 0.3) is 0 Å². The maximum atomic E-state index is 12.5. The molecule has 0 bridgehead atoms. The fourth-order valence-electron chi connectivity index (χ4n) is 3.06. The van der Waals surface area contributed by atoms with Crippen LogP contribution in [0, 0.1) is 0 Å². The van der Waals surface area contributed by atoms with Crippen LogP contribution in [-0.2, 0) is 4.79 Å². The molecule has 3 rings (SSSR count). The van der Waals surface area contributed by atoms with E-state index in [-0.39, 0.29) is 5.91 Å². The van der Waals surface area contributed by atoms with Crippen LogP contribution in [0.2, 0.25) is 0 Å². The fourth-order valence-corrected chi connectivity index (χ4v) is 3.06. The highest BCUT2D eigenvalue weighted by atomic mass is 16.5. The normalized spacial score (nSPS) is 17.4. The minimum Gasteiger partial charge on any atom is -0.455 e. The zero-order chi connectivity index (χ0) is 16.8. The van der Waals surface area contributed by atoms with Gasteiger partial charge in [0, 0.05) is 12.6 Å². The fraction of sp³-hybridized carbons (Fsp3) is 0.350. The Balaban J connectivity index is 1.64. The van der Waals surface area contributed by atoms with Crippen molar-refractivity contribution >= 4 is 11.6 Å². The minimum atomic E-state index is 0.150. The number of para-hydroxylation sites is 3. The Bertz CT molecular complexity index is 672. The molecule has 24 heavy (non-hydrogen) atoms. The standard InChI is InChI=1S/C20H24N2O2/c1-16-9-7-8-14-22(16)20(23)15-21-18-12-5-6-13-19(18)24-17-10-3-2-4-11-17/h2-6,10-13,16,21H,7-9,14-15H2,1H3. The number of ether oxygens (including phenoxy) is 1. The van der Waals surface area contributed by atoms with E-state index in [9.17, 15) is 4.79 Å². The van der Waals surface area contributed by atoms with E-state index in [1.165, 1.54) is 6.42 Å². The molecule has 1 aliphatic heterocycles. The van der Waals surface area contributed by atoms with Gasteiger partial charge < -0.3 is 15.0 Å². The van der Waals surface area contributed by atoms with Crippen LogP contribution in [0.5, 0.6) is 11.5 Å². The number of rotatable bonds is 5. The molecule has 0 spiro atoms. The molecule has 0 aromatic heterocycles. The number of nitrogens with one attached hydrogen (secondary N) is 1. The van der Waals surface area contributed by atoms with Gasteiger partial charge in [-0.3, -0.25) is 4.79 Å². The summed E-state index contributed by atoms with van der Waals surface area (Å²) in [5.74, 6) is 1.66. The van der Waals surface area contributed by atoms with Gasteiger partial charge in [0.1, 0.15) is 5.75 Å². The maximum absolute atomic E-state index is 12.5. The lowest BCUT2D eigenvalue weighted by atomic mass is 10.0. The number of hydrogen-bond acceptors (Lipinski definition) is 3. The number of carbonyl (C=O) groups excluding carboxylic acids is 1. The second-order valence-electron chi connectivity index (χ2n) is 6.20. The number of piperidine rings is 1. The van der Waals surface area contributed by atoms with E-state index in [1.807, 2.05) is 59.5 Å². The highest BCUT2D eigenvalue weighted by Gasteiger charge is 2.22. The van der Waals surface area contributed by atoms with Crippen molar-refractivity contribution in [3.05, 3.63) is 54.6 Å². The van der Waals surface area contributed by atoms with Gasteiger partial charge in [0.25, 0.3) is 0 Å². The summed E-state index contributed by atoms with van der Waals surface area (Å²) >= 11 is 0. The first kappa shape index (κ1) is 16.4. The van der Waals surface area contributed by atoms with E-state index in [1.54, 1.807) is 0 Å². The van der Waals surface area contributed by atoms with E-state index in [0.29, 0.717) is 12.6 Å². The highest BCUT2D eigenvalue weighted by Crippen LogP contribution is 2.29. The Morgan fingerprint density at radius 1 is 1.12 bits per heavy atom. The molecule has 1 amide bonds. The van der Waals surface area contributed by atoms with Gasteiger partial charge in [0.05, 0.1) is 12.2 Å². The molecule has 1 aliphatic rings. The Kier molecular flexibility index (Phi) is 5.36. The first-order valence-electron chi connectivity index (χ1n) is 8.59. The van der Waals surface area contributed by atoms with Crippen LogP contribution in [-0.4, -0.2) is 29.9 Å². The van der Waals surface area contributed by atoms with Gasteiger partial charge in [-0.25, -0.2) is 0 Å². The van der Waals surface area contributed by atoms with Crippen molar-refractivity contribution in [1.82, 2.24) is 4.90 Å². The van der Waals surface area contributed by atoms with E-state index < -0.39 is 0 Å². The van der Waals surface area contributed by atoms with Crippen LogP contribution in [0.4, 0.5) is 5.69 Å². The lowest BCUT2D eigenvalue weighted by Gasteiger charge is -2.33. The number of anilines is 1. The molecule has 1 fully saturated rings. The summed E-state index contributed by atoms with van der Waals surface area (Å²) in [4.78, 5) is 14.5. The van der Waals surface area contributed by atoms with Gasteiger partial charge in [-0.05, 0) is 50.5 Å². The molecule has 1 unspecified atom stereocenters. The predicted octanol–water partition coefficient (Wildman–Crippen LogP) is 4.29. The summed E-state index contributed by atoms with van der Waals surface area (Å²) in [5, 5.41) is 3.23. The van der Waals surface area contributed by atoms with Crippen LogP contribution in [0.1, 0.15) is 26.2 Å². The van der Waals surface area contributed by atoms with Gasteiger partial charge in [0.15, 0.2) is 5.75 Å². The third-order valence-corrected chi connectivity index (χ3v) is 4.41. The molecule has 2 aromatic rings. The summed E-state index contributed by atoms with van der Waals surface area (Å²) in [7, 11) is 0. The maximum Gasteiger partial charge on any atom is 0.242 e. The van der Waals surface area contributed by atoms with Crippen molar-refractivity contribution in [2.24, 2.45) is 0 Å². The zero-order valence-corrected chi connectivity index (χ0v) is 14.1. The molecule has 4 heteroatoms. The summed E-state index contributed by atoms with van der Waals surface area (Å²) in [6.07, 6.45) is 3.41. The molecule has 2 aromatic carbocycles. The molecule has 0 radical (unpaired) electrons. The Morgan fingerprint density at radius 3 is 2.67 bits per heavy atom. The van der Waals surface area contributed by atoms with E-state index in [0.717, 1.165) is 36.6 Å². The molecular weight excluding hydrogens is 300 g/mol. The Morgan fingerprint density at radius 2 is 1.88 bits per heavy atom. The quantitative estimate of drug-likeness (QED) is 0.892. The molecule has 4 nitrogen and oxygen atoms in total. The van der Waals surface area contributed by atoms with E-state index in [4.69, 9.17) is 4.74 Å². The topological polar surface area (TPSA) is 41.6 Å². The van der Waals surface area contributed by atoms with E-state index in [2.05, 4.69) is 12.2 Å². The van der Waals surface area contributed by atoms with Crippen LogP contribution in [0.15, 0.2) is 54.6 Å². The number of carbonyl (C=O) groups is 1. The molecule has 0 saturated carbocycles. The van der Waals surface area contributed by atoms with Crippen molar-refractivity contribution in [2.45, 2.75) is 32.2 Å². The summed E-state index contributed by atoms with van der Waals surface area (Å²) in [6, 6.07) is 17.7. The monoisotopic (exact) mass is 324 g/mol. The third-order valence-electron chi connectivity index (χ3n) is 4.41. The van der Waals surface area contributed by atoms with Crippen molar-refractivity contribution in [3.63, 3.8) is 0 Å². The van der Waals surface area contributed by atoms with Gasteiger partial charge in [-0.15, -0.1) is 0 Å². The zero-order valence-electron chi connectivity index (χ0n) is 14.1. The molecule has 0 aliphatic carbocycles. The van der Waals surface area contributed by atoms with Crippen molar-refractivity contribution in [3.8, 4) is 11.5 Å². The average Bonchev–Trinajstić information content (AvgIpc) is 2.62. The first-order valence-corrected chi connectivity index (χ1v) is 8.59. The molecular formula is C20H24N2O2. The number of likely N-dealkylation sites (tertiary alicyclic amines) is 1. The molecule has 1 saturated heterocycles. The Labute approximate surface area is 143 Å². The van der Waals surface area contributed by atoms with E-state index >= 15 is 0 Å². The number of nitrogens with zero attached hydrogens (tertiary/aromatic N) is 1. The van der Waals surface area contributed by atoms with Gasteiger partial charge in [-0.2, -0.15) is 0 Å². The van der Waals surface area contributed by atoms with Crippen LogP contribution in [0.3, 0.4) is 0 Å². The summed E-state index contributed by atoms with van der Waals surface area (Å²) < 4.78 is 5.92. The number of hydrogen-bond donors (Lipinski definition) is 1. The predicted molar refractivity (Wildman–Crippen MR) is 96.5 cm³/mol. The Hall–Kier alpha value is -2.49. The van der Waals surface area contributed by atoms with Crippen LogP contribution >= 0.6 is 0 Å². The second kappa shape index (κ2) is 7.86. The summed E-state index contributed by atoms with van der Waals surface area (Å²) in [6.45, 7) is 3.28. The number of benzene rings is 2. The molecule has 1 atom stereocenters. The smallest absolute Gasteiger partial charge is 0.242 e. The molecule has 1 N–H and O–H groups in total. The third kappa shape index (κ3) is 4.07. The number of amides is 1. The minimum absolute atomic E-state index is 0.150. The van der Waals surface area contributed by atoms with Crippen molar-refractivity contribution in [1.29, 1.82) is 0 Å².